The van der Waals surface area contributed by atoms with Gasteiger partial charge < -0.3 is 38.2 Å². The van der Waals surface area contributed by atoms with E-state index in [1.807, 2.05) is 209 Å². The Bertz CT molecular complexity index is 5210. The average molecular weight is 1490 g/mol. The van der Waals surface area contributed by atoms with E-state index in [1.165, 1.54) is 47.3 Å². The molecular weight excluding hydrogens is 1410 g/mol. The van der Waals surface area contributed by atoms with Crippen LogP contribution in [0.1, 0.15) is 22.3 Å². The van der Waals surface area contributed by atoms with Crippen molar-refractivity contribution in [2.75, 3.05) is 49.4 Å². The summed E-state index contributed by atoms with van der Waals surface area (Å²) in [4.78, 5) is 7.51. The van der Waals surface area contributed by atoms with E-state index < -0.39 is 34.2 Å². The van der Waals surface area contributed by atoms with E-state index in [4.69, 9.17) is 48.8 Å². The lowest BCUT2D eigenvalue weighted by atomic mass is 9.91. The Kier molecular flexibility index (Phi) is 21.5. The van der Waals surface area contributed by atoms with Crippen molar-refractivity contribution >= 4 is 56.2 Å². The first-order chi connectivity index (χ1) is 54.0. The molecule has 15 aromatic rings. The molecule has 2 heterocycles. The zero-order valence-corrected chi connectivity index (χ0v) is 61.1. The van der Waals surface area contributed by atoms with Crippen molar-refractivity contribution in [3.63, 3.8) is 0 Å². The summed E-state index contributed by atoms with van der Waals surface area (Å²) in [6.07, 6.45) is -4.68. The van der Waals surface area contributed by atoms with Crippen molar-refractivity contribution in [1.29, 1.82) is 0 Å². The van der Waals surface area contributed by atoms with Gasteiger partial charge in [-0.25, -0.2) is 8.78 Å². The summed E-state index contributed by atoms with van der Waals surface area (Å²) in [6.45, 7) is 4.95. The molecule has 0 aliphatic carbocycles. The van der Waals surface area contributed by atoms with Crippen LogP contribution in [0.4, 0.5) is 56.1 Å². The van der Waals surface area contributed by atoms with Gasteiger partial charge in [0.1, 0.15) is 102 Å². The normalized spacial score (nSPS) is 12.1. The highest BCUT2D eigenvalue weighted by Gasteiger charge is 2.41. The van der Waals surface area contributed by atoms with Crippen LogP contribution in [0.3, 0.4) is 0 Å². The number of anilines is 6. The van der Waals surface area contributed by atoms with Gasteiger partial charge in [0.05, 0.1) is 17.5 Å². The molecular formula is C92H77F5N8O6. The van der Waals surface area contributed by atoms with Crippen LogP contribution in [0, 0.1) is 43.2 Å². The Morgan fingerprint density at radius 3 is 1.06 bits per heavy atom. The third kappa shape index (κ3) is 17.5. The van der Waals surface area contributed by atoms with Crippen LogP contribution < -0.4 is 48.1 Å². The number of fused-ring (bicyclic) bond motifs is 2. The predicted molar refractivity (Wildman–Crippen MR) is 422 cm³/mol. The third-order valence-corrected chi connectivity index (χ3v) is 19.1. The molecule has 111 heavy (non-hydrogen) atoms. The van der Waals surface area contributed by atoms with Gasteiger partial charge in [-0.3, -0.25) is 0 Å². The minimum Gasteiger partial charge on any atom is -0.493 e. The van der Waals surface area contributed by atoms with Crippen LogP contribution in [-0.4, -0.2) is 59.7 Å². The van der Waals surface area contributed by atoms with Gasteiger partial charge in [0, 0.05) is 68.4 Å². The van der Waals surface area contributed by atoms with Gasteiger partial charge >= 0.3 is 6.18 Å². The molecule has 1 unspecified atom stereocenters. The highest BCUT2D eigenvalue weighted by molar-refractivity contribution is 6.16. The molecule has 0 fully saturated rings. The fourth-order valence-corrected chi connectivity index (χ4v) is 13.6. The van der Waals surface area contributed by atoms with Crippen molar-refractivity contribution in [2.24, 2.45) is 10.8 Å². The lowest BCUT2D eigenvalue weighted by Crippen LogP contribution is -2.55. The summed E-state index contributed by atoms with van der Waals surface area (Å²) in [5, 5.41) is 22.4. The molecule has 0 spiro atoms. The van der Waals surface area contributed by atoms with Gasteiger partial charge in [0.2, 0.25) is 0 Å². The SMILES string of the molecule is Cc1cccc(OCC(COc2cccc(C)c2)(COc2cccc(F)c2)Cn2nc3c(-c4ccc(N(c5ccccc5)c5ccccc5)cc4)c4n[n+](CC(COc5cccc(C)c5)(COc5cccc(F)c5)COc5cccc(C(F)(F)F)c5)[n-]c4c(-c4ccc(N(c5ccccc5)c5ccccc5)cc4)c3n2)c1. The van der Waals surface area contributed by atoms with Gasteiger partial charge in [0.25, 0.3) is 0 Å². The second-order valence-corrected chi connectivity index (χ2v) is 27.8. The third-order valence-electron chi connectivity index (χ3n) is 19.1. The monoisotopic (exact) mass is 1480 g/mol. The summed E-state index contributed by atoms with van der Waals surface area (Å²) in [6, 6.07) is 95.9. The van der Waals surface area contributed by atoms with Crippen molar-refractivity contribution in [3.8, 4) is 56.8 Å². The summed E-state index contributed by atoms with van der Waals surface area (Å²) < 4.78 is 114. The number of alkyl halides is 3. The molecule has 0 amide bonds. The van der Waals surface area contributed by atoms with E-state index >= 15 is 8.78 Å². The number of aryl methyl sites for hydroxylation is 3. The second kappa shape index (κ2) is 32.7. The van der Waals surface area contributed by atoms with Crippen molar-refractivity contribution < 1.29 is 55.2 Å². The first-order valence-corrected chi connectivity index (χ1v) is 36.4. The fraction of sp³-hybridized carbons (Fsp3) is 0.152. The van der Waals surface area contributed by atoms with Gasteiger partial charge in [-0.1, -0.05) is 152 Å². The number of hydrogen-bond acceptors (Lipinski definition) is 11. The highest BCUT2D eigenvalue weighted by Crippen LogP contribution is 2.45. The largest absolute Gasteiger partial charge is 0.493 e. The molecule has 19 heteroatoms. The first-order valence-electron chi connectivity index (χ1n) is 36.4. The minimum atomic E-state index is -4.68. The van der Waals surface area contributed by atoms with Gasteiger partial charge in [-0.15, -0.1) is 0 Å². The molecule has 0 N–H and O–H groups in total. The first kappa shape index (κ1) is 73.2. The number of aromatic nitrogens is 6. The molecule has 1 atom stereocenters. The summed E-state index contributed by atoms with van der Waals surface area (Å²) in [5.41, 5.74) is 8.89. The summed E-state index contributed by atoms with van der Waals surface area (Å²) >= 11 is 0. The number of nitrogens with zero attached hydrogens (tertiary/aromatic N) is 8. The van der Waals surface area contributed by atoms with Crippen molar-refractivity contribution in [1.82, 2.24) is 25.2 Å². The van der Waals surface area contributed by atoms with Crippen LogP contribution in [0.25, 0.3) is 44.3 Å². The molecule has 0 aliphatic rings. The maximum atomic E-state index is 15.2. The smallest absolute Gasteiger partial charge is 0.416 e. The maximum absolute atomic E-state index is 15.2. The minimum absolute atomic E-state index is 0.00262. The van der Waals surface area contributed by atoms with Gasteiger partial charge in [-0.05, 0) is 200 Å². The summed E-state index contributed by atoms with van der Waals surface area (Å²) in [5.74, 6) is 1.07. The zero-order valence-electron chi connectivity index (χ0n) is 61.1. The van der Waals surface area contributed by atoms with E-state index in [0.29, 0.717) is 61.6 Å². The molecule has 556 valence electrons. The molecule has 0 bridgehead atoms. The fourth-order valence-electron chi connectivity index (χ4n) is 13.6. The van der Waals surface area contributed by atoms with E-state index in [-0.39, 0.29) is 70.0 Å². The van der Waals surface area contributed by atoms with Crippen LogP contribution in [-0.2, 0) is 19.3 Å². The standard InChI is InChI=1S/C92H77F5N8O6/c1-64-22-16-36-78(50-64)106-58-90(59-107-79-37-17-23-65(2)51-79,62-110-82-40-20-26-70(93)54-82)56-102-98-86-84(67-42-46-76(47-43-67)104(72-28-8-4-9-29-72)73-30-10-5-11-31-73)88-89(85(87(86)99-102)68-44-48-77(49-45-68)105(74-32-12-6-13-33-74)75-34-14-7-15-35-75)101-103(100-88)57-91(60-108-80-38-18-24-66(3)52-80,63-111-83-41-21-27-71(94)55-83)61-109-81-39-19-25-69(53-81)92(95,96)97/h4-55H,56-63H2,1-3H3. The number of rotatable bonds is 30. The van der Waals surface area contributed by atoms with E-state index in [9.17, 15) is 13.2 Å². The highest BCUT2D eigenvalue weighted by atomic mass is 19.4. The quantitative estimate of drug-likeness (QED) is 0.0314. The molecule has 13 aromatic carbocycles. The summed E-state index contributed by atoms with van der Waals surface area (Å²) in [7, 11) is 0. The van der Waals surface area contributed by atoms with Crippen LogP contribution in [0.5, 0.6) is 34.5 Å². The van der Waals surface area contributed by atoms with E-state index in [2.05, 4.69) is 58.3 Å². The van der Waals surface area contributed by atoms with Crippen molar-refractivity contribution in [2.45, 2.75) is 40.0 Å². The Morgan fingerprint density at radius 1 is 0.351 bits per heavy atom. The van der Waals surface area contributed by atoms with Gasteiger partial charge in [-0.2, -0.15) is 43.2 Å². The average Bonchev–Trinajstić information content (AvgIpc) is 1.58. The van der Waals surface area contributed by atoms with Crippen LogP contribution >= 0.6 is 0 Å². The van der Waals surface area contributed by atoms with E-state index in [1.54, 1.807) is 29.1 Å². The maximum Gasteiger partial charge on any atom is 0.416 e. The Balaban J connectivity index is 0.962. The van der Waals surface area contributed by atoms with Gasteiger partial charge in [0.15, 0.2) is 6.54 Å². The molecule has 0 radical (unpaired) electrons. The molecule has 15 rings (SSSR count). The lowest BCUT2D eigenvalue weighted by molar-refractivity contribution is -0.814. The Hall–Kier alpha value is -13.3. The Morgan fingerprint density at radius 2 is 0.685 bits per heavy atom. The molecule has 0 saturated heterocycles. The number of halogens is 5. The van der Waals surface area contributed by atoms with Crippen LogP contribution in [0.15, 0.2) is 315 Å². The zero-order chi connectivity index (χ0) is 76.3. The van der Waals surface area contributed by atoms with E-state index in [0.717, 1.165) is 62.9 Å². The number of benzene rings is 13. The number of ether oxygens (including phenoxy) is 6. The molecule has 14 nitrogen and oxygen atoms in total. The lowest BCUT2D eigenvalue weighted by Gasteiger charge is -2.33. The van der Waals surface area contributed by atoms with Crippen molar-refractivity contribution in [3.05, 3.63) is 349 Å². The van der Waals surface area contributed by atoms with Crippen LogP contribution in [0.2, 0.25) is 0 Å². The Labute approximate surface area is 639 Å². The molecule has 2 aromatic heterocycles. The number of hydrogen-bond donors (Lipinski definition) is 0. The second-order valence-electron chi connectivity index (χ2n) is 27.8. The molecule has 0 aliphatic heterocycles. The number of para-hydroxylation sites is 4. The predicted octanol–water partition coefficient (Wildman–Crippen LogP) is 21.2. The molecule has 0 saturated carbocycles. The topological polar surface area (TPSA) is 123 Å².